The SMILES string of the molecule is CCCCCOCCCOCC(=O)O. The van der Waals surface area contributed by atoms with Crippen LogP contribution >= 0.6 is 0 Å². The third-order valence-corrected chi connectivity index (χ3v) is 1.70. The molecule has 0 bridgehead atoms. The molecule has 0 saturated carbocycles. The number of carbonyl (C=O) groups is 1. The monoisotopic (exact) mass is 204 g/mol. The van der Waals surface area contributed by atoms with Crippen molar-refractivity contribution in [1.82, 2.24) is 0 Å². The molecule has 0 aromatic carbocycles. The molecule has 0 rings (SSSR count). The van der Waals surface area contributed by atoms with E-state index >= 15 is 0 Å². The molecule has 0 saturated heterocycles. The fourth-order valence-corrected chi connectivity index (χ4v) is 0.979. The number of unbranched alkanes of at least 4 members (excludes halogenated alkanes) is 2. The van der Waals surface area contributed by atoms with Gasteiger partial charge in [-0.3, -0.25) is 0 Å². The number of ether oxygens (including phenoxy) is 2. The number of hydrogen-bond donors (Lipinski definition) is 1. The van der Waals surface area contributed by atoms with Crippen LogP contribution in [0.5, 0.6) is 0 Å². The minimum atomic E-state index is -0.922. The van der Waals surface area contributed by atoms with Crippen LogP contribution in [0.2, 0.25) is 0 Å². The molecule has 14 heavy (non-hydrogen) atoms. The second-order valence-corrected chi connectivity index (χ2v) is 3.12. The maximum Gasteiger partial charge on any atom is 0.329 e. The maximum atomic E-state index is 10.1. The molecule has 4 nitrogen and oxygen atoms in total. The fraction of sp³-hybridized carbons (Fsp3) is 0.900. The average molecular weight is 204 g/mol. The van der Waals surface area contributed by atoms with Crippen molar-refractivity contribution in [2.45, 2.75) is 32.6 Å². The molecule has 0 aromatic heterocycles. The van der Waals surface area contributed by atoms with E-state index in [0.717, 1.165) is 19.4 Å². The van der Waals surface area contributed by atoms with Crippen LogP contribution in [0.3, 0.4) is 0 Å². The number of carboxylic acids is 1. The highest BCUT2D eigenvalue weighted by molar-refractivity contribution is 5.67. The molecule has 0 fully saturated rings. The van der Waals surface area contributed by atoms with Gasteiger partial charge < -0.3 is 14.6 Å². The molecule has 0 unspecified atom stereocenters. The summed E-state index contributed by atoms with van der Waals surface area (Å²) in [5.74, 6) is -0.922. The Labute approximate surface area is 85.2 Å². The van der Waals surface area contributed by atoms with E-state index in [0.29, 0.717) is 13.2 Å². The van der Waals surface area contributed by atoms with Crippen LogP contribution in [0, 0.1) is 0 Å². The van der Waals surface area contributed by atoms with E-state index in [1.807, 2.05) is 0 Å². The molecule has 0 amide bonds. The molecule has 0 aliphatic carbocycles. The smallest absolute Gasteiger partial charge is 0.329 e. The lowest BCUT2D eigenvalue weighted by atomic mass is 10.3. The molecule has 0 spiro atoms. The lowest BCUT2D eigenvalue weighted by Gasteiger charge is -2.03. The van der Waals surface area contributed by atoms with E-state index in [1.165, 1.54) is 12.8 Å². The summed E-state index contributed by atoms with van der Waals surface area (Å²) in [6.07, 6.45) is 4.27. The van der Waals surface area contributed by atoms with Crippen LogP contribution in [0.1, 0.15) is 32.6 Å². The summed E-state index contributed by atoms with van der Waals surface area (Å²) in [6, 6.07) is 0. The average Bonchev–Trinajstić information content (AvgIpc) is 2.15. The normalized spacial score (nSPS) is 10.4. The first-order valence-corrected chi connectivity index (χ1v) is 5.14. The van der Waals surface area contributed by atoms with Gasteiger partial charge in [-0.2, -0.15) is 0 Å². The summed E-state index contributed by atoms with van der Waals surface area (Å²) in [6.45, 7) is 3.85. The van der Waals surface area contributed by atoms with Gasteiger partial charge in [0.05, 0.1) is 0 Å². The van der Waals surface area contributed by atoms with Crippen LogP contribution in [0.15, 0.2) is 0 Å². The van der Waals surface area contributed by atoms with Gasteiger partial charge in [0.15, 0.2) is 0 Å². The number of hydrogen-bond acceptors (Lipinski definition) is 3. The van der Waals surface area contributed by atoms with Crippen molar-refractivity contribution >= 4 is 5.97 Å². The van der Waals surface area contributed by atoms with Crippen molar-refractivity contribution < 1.29 is 19.4 Å². The fourth-order valence-electron chi connectivity index (χ4n) is 0.979. The zero-order valence-corrected chi connectivity index (χ0v) is 8.83. The topological polar surface area (TPSA) is 55.8 Å². The van der Waals surface area contributed by atoms with E-state index in [-0.39, 0.29) is 6.61 Å². The Morgan fingerprint density at radius 2 is 1.71 bits per heavy atom. The van der Waals surface area contributed by atoms with Gasteiger partial charge in [-0.25, -0.2) is 4.79 Å². The summed E-state index contributed by atoms with van der Waals surface area (Å²) in [5, 5.41) is 8.26. The maximum absolute atomic E-state index is 10.1. The van der Waals surface area contributed by atoms with Gasteiger partial charge in [0.1, 0.15) is 6.61 Å². The zero-order valence-electron chi connectivity index (χ0n) is 8.83. The van der Waals surface area contributed by atoms with E-state index in [4.69, 9.17) is 14.6 Å². The van der Waals surface area contributed by atoms with Crippen LogP contribution in [-0.4, -0.2) is 37.5 Å². The largest absolute Gasteiger partial charge is 0.480 e. The third kappa shape index (κ3) is 11.4. The Morgan fingerprint density at radius 1 is 1.07 bits per heavy atom. The van der Waals surface area contributed by atoms with Crippen LogP contribution in [0.25, 0.3) is 0 Å². The van der Waals surface area contributed by atoms with E-state index in [9.17, 15) is 4.79 Å². The van der Waals surface area contributed by atoms with Crippen LogP contribution in [0.4, 0.5) is 0 Å². The van der Waals surface area contributed by atoms with E-state index in [2.05, 4.69) is 6.92 Å². The van der Waals surface area contributed by atoms with Crippen LogP contribution in [-0.2, 0) is 14.3 Å². The van der Waals surface area contributed by atoms with Crippen molar-refractivity contribution in [2.24, 2.45) is 0 Å². The summed E-state index contributed by atoms with van der Waals surface area (Å²) < 4.78 is 10.2. The molecule has 0 aromatic rings. The highest BCUT2D eigenvalue weighted by Gasteiger charge is 1.95. The van der Waals surface area contributed by atoms with Gasteiger partial charge in [-0.15, -0.1) is 0 Å². The molecule has 1 N–H and O–H groups in total. The number of rotatable bonds is 10. The molecule has 0 aliphatic heterocycles. The second kappa shape index (κ2) is 10.5. The predicted octanol–water partition coefficient (Wildman–Crippen LogP) is 1.68. The summed E-state index contributed by atoms with van der Waals surface area (Å²) in [4.78, 5) is 10.1. The second-order valence-electron chi connectivity index (χ2n) is 3.12. The first kappa shape index (κ1) is 13.4. The zero-order chi connectivity index (χ0) is 10.6. The van der Waals surface area contributed by atoms with Crippen molar-refractivity contribution in [3.63, 3.8) is 0 Å². The first-order valence-electron chi connectivity index (χ1n) is 5.14. The predicted molar refractivity (Wildman–Crippen MR) is 53.4 cm³/mol. The molecule has 0 atom stereocenters. The van der Waals surface area contributed by atoms with Crippen molar-refractivity contribution in [2.75, 3.05) is 26.4 Å². The molecule has 0 heterocycles. The lowest BCUT2D eigenvalue weighted by Crippen LogP contribution is -2.09. The number of carboxylic acid groups (broad SMARTS) is 1. The van der Waals surface area contributed by atoms with Crippen LogP contribution < -0.4 is 0 Å². The van der Waals surface area contributed by atoms with Gasteiger partial charge in [0.2, 0.25) is 0 Å². The highest BCUT2D eigenvalue weighted by Crippen LogP contribution is 1.94. The summed E-state index contributed by atoms with van der Waals surface area (Å²) in [5.41, 5.74) is 0. The summed E-state index contributed by atoms with van der Waals surface area (Å²) >= 11 is 0. The van der Waals surface area contributed by atoms with E-state index < -0.39 is 5.97 Å². The standard InChI is InChI=1S/C10H20O4/c1-2-3-4-6-13-7-5-8-14-9-10(11)12/h2-9H2,1H3,(H,11,12). The molecule has 0 radical (unpaired) electrons. The quantitative estimate of drug-likeness (QED) is 0.550. The lowest BCUT2D eigenvalue weighted by molar-refractivity contribution is -0.142. The molecular formula is C10H20O4. The van der Waals surface area contributed by atoms with Gasteiger partial charge in [-0.1, -0.05) is 19.8 Å². The Balaban J connectivity index is 2.88. The third-order valence-electron chi connectivity index (χ3n) is 1.70. The molecular weight excluding hydrogens is 184 g/mol. The number of aliphatic carboxylic acids is 1. The Hall–Kier alpha value is -0.610. The molecule has 84 valence electrons. The Bertz CT molecular complexity index is 136. The van der Waals surface area contributed by atoms with Gasteiger partial charge in [0.25, 0.3) is 0 Å². The van der Waals surface area contributed by atoms with Gasteiger partial charge in [0, 0.05) is 19.8 Å². The molecule has 0 aliphatic rings. The molecule has 4 heteroatoms. The minimum Gasteiger partial charge on any atom is -0.480 e. The highest BCUT2D eigenvalue weighted by atomic mass is 16.5. The van der Waals surface area contributed by atoms with Crippen molar-refractivity contribution in [1.29, 1.82) is 0 Å². The minimum absolute atomic E-state index is 0.212. The van der Waals surface area contributed by atoms with E-state index in [1.54, 1.807) is 0 Å². The first-order chi connectivity index (χ1) is 6.77. The Morgan fingerprint density at radius 3 is 2.36 bits per heavy atom. The van der Waals surface area contributed by atoms with Gasteiger partial charge >= 0.3 is 5.97 Å². The van der Waals surface area contributed by atoms with Gasteiger partial charge in [-0.05, 0) is 12.8 Å². The van der Waals surface area contributed by atoms with Crippen molar-refractivity contribution in [3.8, 4) is 0 Å². The van der Waals surface area contributed by atoms with Crippen molar-refractivity contribution in [3.05, 3.63) is 0 Å². The summed E-state index contributed by atoms with van der Waals surface area (Å²) in [7, 11) is 0. The Kier molecular flexibility index (Phi) is 10.0.